The second-order valence-corrected chi connectivity index (χ2v) is 13.2. The Balaban J connectivity index is 0.963. The van der Waals surface area contributed by atoms with Gasteiger partial charge in [-0.15, -0.1) is 10.2 Å². The average molecular weight is 732 g/mol. The van der Waals surface area contributed by atoms with Gasteiger partial charge in [-0.25, -0.2) is 10.2 Å². The van der Waals surface area contributed by atoms with E-state index >= 15 is 0 Å². The first-order valence-electron chi connectivity index (χ1n) is 15.7. The summed E-state index contributed by atoms with van der Waals surface area (Å²) in [6, 6.07) is 9.13. The molecule has 4 aromatic rings. The van der Waals surface area contributed by atoms with Crippen LogP contribution in [-0.2, 0) is 22.4 Å². The topological polar surface area (TPSA) is 220 Å². The van der Waals surface area contributed by atoms with Crippen molar-refractivity contribution in [3.63, 3.8) is 0 Å². The van der Waals surface area contributed by atoms with Gasteiger partial charge in [-0.05, 0) is 48.2 Å². The Labute approximate surface area is 297 Å². The maximum atomic E-state index is 13.1. The van der Waals surface area contributed by atoms with E-state index in [9.17, 15) is 9.59 Å². The molecular weight excluding hydrogens is 695 g/mol. The number of anilines is 5. The highest BCUT2D eigenvalue weighted by molar-refractivity contribution is 6.35. The van der Waals surface area contributed by atoms with Crippen molar-refractivity contribution in [3.8, 4) is 0 Å². The predicted octanol–water partition coefficient (Wildman–Crippen LogP) is 1.65. The van der Waals surface area contributed by atoms with Gasteiger partial charge in [0.05, 0.1) is 12.1 Å². The van der Waals surface area contributed by atoms with E-state index in [0.717, 1.165) is 11.1 Å². The van der Waals surface area contributed by atoms with Crippen LogP contribution in [0.2, 0.25) is 15.1 Å². The summed E-state index contributed by atoms with van der Waals surface area (Å²) in [6.07, 6.45) is 0.609. The Bertz CT molecular complexity index is 1780. The molecule has 2 saturated heterocycles. The third kappa shape index (κ3) is 8.28. The van der Waals surface area contributed by atoms with Gasteiger partial charge in [0.2, 0.25) is 35.6 Å². The molecule has 2 unspecified atom stereocenters. The van der Waals surface area contributed by atoms with Crippen molar-refractivity contribution in [1.29, 1.82) is 0 Å². The number of nitrogens with one attached hydrogen (secondary N) is 3. The van der Waals surface area contributed by atoms with Gasteiger partial charge in [0, 0.05) is 73.1 Å². The monoisotopic (exact) mass is 730 g/mol. The number of H-pyrrole nitrogens is 2. The van der Waals surface area contributed by atoms with Crippen molar-refractivity contribution >= 4 is 76.1 Å². The molecule has 2 fully saturated rings. The predicted molar refractivity (Wildman–Crippen MR) is 189 cm³/mol. The van der Waals surface area contributed by atoms with Gasteiger partial charge in [0.1, 0.15) is 0 Å². The first-order valence-corrected chi connectivity index (χ1v) is 16.9. The molecule has 2 aromatic heterocycles. The number of halogens is 3. The number of carbonyl (C=O) groups is 2. The van der Waals surface area contributed by atoms with Crippen LogP contribution in [0.5, 0.6) is 0 Å². The molecule has 9 N–H and O–H groups in total. The molecule has 2 aromatic carbocycles. The van der Waals surface area contributed by atoms with Crippen LogP contribution in [-0.4, -0.2) is 116 Å². The number of benzene rings is 2. The number of nitrogens with zero attached hydrogens (tertiary/aromatic N) is 8. The van der Waals surface area contributed by atoms with Crippen molar-refractivity contribution < 1.29 is 9.59 Å². The lowest BCUT2D eigenvalue weighted by molar-refractivity contribution is -0.133. The van der Waals surface area contributed by atoms with Gasteiger partial charge in [0.15, 0.2) is 0 Å². The van der Waals surface area contributed by atoms with E-state index in [1.165, 1.54) is 0 Å². The molecule has 4 heterocycles. The average Bonchev–Trinajstić information content (AvgIpc) is 3.75. The number of rotatable bonds is 10. The molecule has 0 radical (unpaired) electrons. The normalized spacial score (nSPS) is 16.5. The zero-order valence-electron chi connectivity index (χ0n) is 26.5. The van der Waals surface area contributed by atoms with Crippen molar-refractivity contribution in [2.24, 2.45) is 11.5 Å². The van der Waals surface area contributed by atoms with Crippen LogP contribution < -0.4 is 32.3 Å². The zero-order chi connectivity index (χ0) is 34.7. The molecule has 0 spiro atoms. The molecule has 260 valence electrons. The first kappa shape index (κ1) is 34.5. The van der Waals surface area contributed by atoms with Crippen LogP contribution in [0.15, 0.2) is 36.4 Å². The number of amides is 2. The van der Waals surface area contributed by atoms with E-state index < -0.39 is 12.1 Å². The van der Waals surface area contributed by atoms with E-state index in [0.29, 0.717) is 97.4 Å². The van der Waals surface area contributed by atoms with Gasteiger partial charge in [-0.3, -0.25) is 9.59 Å². The lowest BCUT2D eigenvalue weighted by atomic mass is 10.0. The summed E-state index contributed by atoms with van der Waals surface area (Å²) in [5, 5.41) is 18.6. The molecule has 0 bridgehead atoms. The second kappa shape index (κ2) is 15.0. The Morgan fingerprint density at radius 2 is 1.24 bits per heavy atom. The molecule has 2 atom stereocenters. The van der Waals surface area contributed by atoms with Crippen LogP contribution in [0.1, 0.15) is 11.1 Å². The molecular formula is C30H37Cl3N14O2. The fourth-order valence-electron chi connectivity index (χ4n) is 5.84. The summed E-state index contributed by atoms with van der Waals surface area (Å²) in [7, 11) is 0. The van der Waals surface area contributed by atoms with Crippen LogP contribution in [0.25, 0.3) is 0 Å². The smallest absolute Gasteiger partial charge is 0.246 e. The molecule has 0 aliphatic carbocycles. The molecule has 2 aliphatic heterocycles. The van der Waals surface area contributed by atoms with Crippen molar-refractivity contribution in [1.82, 2.24) is 40.2 Å². The Morgan fingerprint density at radius 3 is 1.76 bits per heavy atom. The number of aromatic amines is 2. The number of nitrogen functional groups attached to an aromatic ring is 1. The van der Waals surface area contributed by atoms with Crippen LogP contribution in [0.3, 0.4) is 0 Å². The number of hydrogen-bond acceptors (Lipinski definition) is 12. The SMILES string of the molecule is Nc1nc(N2CCN(C(=O)C(N)Cc3ccc(Nc4nc(N5CCN(C(=O)C(N)Cc6ccc(Cl)cc6Cl)CC5)n[nH]4)cc3Cl)CC2)n[nH]1. The van der Waals surface area contributed by atoms with Gasteiger partial charge in [0.25, 0.3) is 0 Å². The molecule has 49 heavy (non-hydrogen) atoms. The number of hydrogen-bond donors (Lipinski definition) is 6. The van der Waals surface area contributed by atoms with E-state index in [-0.39, 0.29) is 24.2 Å². The van der Waals surface area contributed by atoms with Crippen molar-refractivity contribution in [3.05, 3.63) is 62.6 Å². The number of piperazine rings is 2. The van der Waals surface area contributed by atoms with Gasteiger partial charge in [-0.2, -0.15) is 9.97 Å². The lowest BCUT2D eigenvalue weighted by Crippen LogP contribution is -2.54. The highest BCUT2D eigenvalue weighted by Crippen LogP contribution is 2.26. The molecule has 2 aliphatic rings. The van der Waals surface area contributed by atoms with E-state index in [4.69, 9.17) is 52.0 Å². The minimum Gasteiger partial charge on any atom is -0.368 e. The Morgan fingerprint density at radius 1 is 0.735 bits per heavy atom. The fraction of sp³-hybridized carbons (Fsp3) is 0.400. The maximum Gasteiger partial charge on any atom is 0.246 e. The number of carbonyl (C=O) groups excluding carboxylic acids is 2. The van der Waals surface area contributed by atoms with Crippen LogP contribution in [0.4, 0.5) is 29.5 Å². The standard InChI is InChI=1S/C30H37Cl3N14O2/c31-19-3-1-17(21(32)15-19)13-23(34)25(48)45-7-11-47(12-8-45)30-39-28(41-43-30)37-20-4-2-18(22(33)16-20)14-24(35)26(49)44-5-9-46(10-6-44)29-38-27(36)40-42-29/h1-4,15-16,23-24H,5-14,34-35H2,(H3,36,38,40,42)(H2,37,39,41,43). The number of nitrogens with two attached hydrogens (primary N) is 3. The van der Waals surface area contributed by atoms with Crippen LogP contribution in [0, 0.1) is 0 Å². The highest BCUT2D eigenvalue weighted by atomic mass is 35.5. The van der Waals surface area contributed by atoms with Crippen molar-refractivity contribution in [2.75, 3.05) is 73.2 Å². The zero-order valence-corrected chi connectivity index (χ0v) is 28.7. The van der Waals surface area contributed by atoms with Gasteiger partial charge in [-0.1, -0.05) is 46.9 Å². The third-order valence-corrected chi connectivity index (χ3v) is 9.50. The fourth-order valence-corrected chi connectivity index (χ4v) is 6.59. The molecule has 16 nitrogen and oxygen atoms in total. The summed E-state index contributed by atoms with van der Waals surface area (Å²) in [6.45, 7) is 4.20. The third-order valence-electron chi connectivity index (χ3n) is 8.56. The minimum atomic E-state index is -0.743. The molecule has 19 heteroatoms. The largest absolute Gasteiger partial charge is 0.368 e. The maximum absolute atomic E-state index is 13.1. The second-order valence-electron chi connectivity index (χ2n) is 11.9. The van der Waals surface area contributed by atoms with Gasteiger partial charge >= 0.3 is 0 Å². The van der Waals surface area contributed by atoms with Crippen molar-refractivity contribution in [2.45, 2.75) is 24.9 Å². The van der Waals surface area contributed by atoms with Crippen LogP contribution >= 0.6 is 34.8 Å². The van der Waals surface area contributed by atoms with E-state index in [2.05, 4.69) is 35.7 Å². The Kier molecular flexibility index (Phi) is 10.6. The summed E-state index contributed by atoms with van der Waals surface area (Å²) in [5.41, 5.74) is 20.4. The van der Waals surface area contributed by atoms with E-state index in [1.54, 1.807) is 34.1 Å². The molecule has 6 rings (SSSR count). The summed E-state index contributed by atoms with van der Waals surface area (Å²) < 4.78 is 0. The highest BCUT2D eigenvalue weighted by Gasteiger charge is 2.29. The van der Waals surface area contributed by atoms with Gasteiger partial charge < -0.3 is 42.1 Å². The summed E-state index contributed by atoms with van der Waals surface area (Å²) in [5.74, 6) is 1.42. The summed E-state index contributed by atoms with van der Waals surface area (Å²) in [4.78, 5) is 42.3. The molecule has 0 saturated carbocycles. The first-order chi connectivity index (χ1) is 23.5. The lowest BCUT2D eigenvalue weighted by Gasteiger charge is -2.35. The molecule has 2 amide bonds. The minimum absolute atomic E-state index is 0.137. The van der Waals surface area contributed by atoms with E-state index in [1.807, 2.05) is 21.9 Å². The number of aromatic nitrogens is 6. The summed E-state index contributed by atoms with van der Waals surface area (Å²) >= 11 is 18.8. The Hall–Kier alpha value is -4.35. The quantitative estimate of drug-likeness (QED) is 0.137.